The Balaban J connectivity index is 2.49. The number of aliphatic carboxylic acids is 1. The predicted molar refractivity (Wildman–Crippen MR) is 64.7 cm³/mol. The van der Waals surface area contributed by atoms with E-state index in [2.05, 4.69) is 0 Å². The van der Waals surface area contributed by atoms with Crippen LogP contribution in [0.25, 0.3) is 0 Å². The molecule has 0 fully saturated rings. The Morgan fingerprint density at radius 2 is 2.00 bits per heavy atom. The fourth-order valence-electron chi connectivity index (χ4n) is 1.38. The van der Waals surface area contributed by atoms with Crippen molar-refractivity contribution in [3.05, 3.63) is 29.8 Å². The van der Waals surface area contributed by atoms with E-state index in [-0.39, 0.29) is 0 Å². The smallest absolute Gasteiger partial charge is 0.320 e. The van der Waals surface area contributed by atoms with Crippen LogP contribution in [-0.4, -0.2) is 30.7 Å². The number of nitrogens with two attached hydrogens (primary N) is 1. The summed E-state index contributed by atoms with van der Waals surface area (Å²) in [5.41, 5.74) is 7.72. The average Bonchev–Trinajstić information content (AvgIpc) is 2.26. The molecule has 1 atom stereocenters. The molecule has 0 amide bonds. The van der Waals surface area contributed by atoms with Crippen molar-refractivity contribution in [2.75, 3.05) is 18.5 Å². The van der Waals surface area contributed by atoms with E-state index in [1.165, 1.54) is 5.56 Å². The molecule has 0 bridgehead atoms. The zero-order valence-electron chi connectivity index (χ0n) is 9.68. The first-order chi connectivity index (χ1) is 7.50. The SMILES string of the molecule is Cc1ccc(N(C)CC[C@H](N)C(=O)O)cc1. The van der Waals surface area contributed by atoms with Gasteiger partial charge in [0.15, 0.2) is 0 Å². The van der Waals surface area contributed by atoms with Crippen LogP contribution in [0.5, 0.6) is 0 Å². The number of benzene rings is 1. The van der Waals surface area contributed by atoms with Crippen LogP contribution in [-0.2, 0) is 4.79 Å². The van der Waals surface area contributed by atoms with E-state index < -0.39 is 12.0 Å². The lowest BCUT2D eigenvalue weighted by Gasteiger charge is -2.20. The van der Waals surface area contributed by atoms with Gasteiger partial charge in [0.2, 0.25) is 0 Å². The number of anilines is 1. The van der Waals surface area contributed by atoms with Crippen LogP contribution in [0, 0.1) is 6.92 Å². The molecule has 0 aliphatic carbocycles. The average molecular weight is 222 g/mol. The molecule has 4 nitrogen and oxygen atoms in total. The maximum absolute atomic E-state index is 10.5. The number of carboxylic acids is 1. The third-order valence-electron chi connectivity index (χ3n) is 2.57. The summed E-state index contributed by atoms with van der Waals surface area (Å²) in [6, 6.07) is 7.31. The van der Waals surface area contributed by atoms with Crippen LogP contribution >= 0.6 is 0 Å². The maximum Gasteiger partial charge on any atom is 0.320 e. The normalized spacial score (nSPS) is 12.2. The van der Waals surface area contributed by atoms with Gasteiger partial charge in [-0.3, -0.25) is 4.79 Å². The molecule has 0 aliphatic rings. The lowest BCUT2D eigenvalue weighted by molar-refractivity contribution is -0.138. The van der Waals surface area contributed by atoms with Crippen LogP contribution in [0.15, 0.2) is 24.3 Å². The minimum absolute atomic E-state index is 0.444. The molecule has 1 aromatic rings. The quantitative estimate of drug-likeness (QED) is 0.786. The van der Waals surface area contributed by atoms with Crippen molar-refractivity contribution < 1.29 is 9.90 Å². The van der Waals surface area contributed by atoms with Gasteiger partial charge in [-0.25, -0.2) is 0 Å². The monoisotopic (exact) mass is 222 g/mol. The molecule has 88 valence electrons. The van der Waals surface area contributed by atoms with Gasteiger partial charge in [-0.05, 0) is 25.5 Å². The summed E-state index contributed by atoms with van der Waals surface area (Å²) in [6.45, 7) is 2.67. The van der Waals surface area contributed by atoms with Gasteiger partial charge in [0.05, 0.1) is 0 Å². The standard InChI is InChI=1S/C12H18N2O2/c1-9-3-5-10(6-4-9)14(2)8-7-11(13)12(15)16/h3-6,11H,7-8,13H2,1-2H3,(H,15,16)/t11-/m0/s1. The summed E-state index contributed by atoms with van der Waals surface area (Å²) in [7, 11) is 1.93. The van der Waals surface area contributed by atoms with Crippen LogP contribution in [0.1, 0.15) is 12.0 Å². The minimum atomic E-state index is -0.947. The van der Waals surface area contributed by atoms with Crippen molar-refractivity contribution in [1.29, 1.82) is 0 Å². The van der Waals surface area contributed by atoms with Crippen molar-refractivity contribution in [2.45, 2.75) is 19.4 Å². The van der Waals surface area contributed by atoms with Crippen molar-refractivity contribution in [3.63, 3.8) is 0 Å². The molecule has 4 heteroatoms. The zero-order chi connectivity index (χ0) is 12.1. The fraction of sp³-hybridized carbons (Fsp3) is 0.417. The highest BCUT2D eigenvalue weighted by Crippen LogP contribution is 2.13. The van der Waals surface area contributed by atoms with Gasteiger partial charge in [-0.15, -0.1) is 0 Å². The number of rotatable bonds is 5. The third-order valence-corrected chi connectivity index (χ3v) is 2.57. The number of carboxylic acid groups (broad SMARTS) is 1. The first-order valence-corrected chi connectivity index (χ1v) is 5.27. The Morgan fingerprint density at radius 3 is 2.50 bits per heavy atom. The number of hydrogen-bond acceptors (Lipinski definition) is 3. The zero-order valence-corrected chi connectivity index (χ0v) is 9.68. The van der Waals surface area contributed by atoms with Crippen LogP contribution in [0.3, 0.4) is 0 Å². The molecule has 0 aromatic heterocycles. The summed E-state index contributed by atoms with van der Waals surface area (Å²) < 4.78 is 0. The minimum Gasteiger partial charge on any atom is -0.480 e. The Hall–Kier alpha value is -1.55. The highest BCUT2D eigenvalue weighted by atomic mass is 16.4. The molecule has 1 aromatic carbocycles. The third kappa shape index (κ3) is 3.55. The molecule has 16 heavy (non-hydrogen) atoms. The number of aryl methyl sites for hydroxylation is 1. The first-order valence-electron chi connectivity index (χ1n) is 5.27. The molecule has 0 saturated heterocycles. The van der Waals surface area contributed by atoms with Gasteiger partial charge < -0.3 is 15.7 Å². The van der Waals surface area contributed by atoms with E-state index in [0.717, 1.165) is 5.69 Å². The van der Waals surface area contributed by atoms with Gasteiger partial charge in [0.1, 0.15) is 6.04 Å². The summed E-state index contributed by atoms with van der Waals surface area (Å²) in [5, 5.41) is 8.66. The summed E-state index contributed by atoms with van der Waals surface area (Å²) in [5.74, 6) is -0.947. The molecule has 0 unspecified atom stereocenters. The Labute approximate surface area is 95.7 Å². The van der Waals surface area contributed by atoms with E-state index in [4.69, 9.17) is 10.8 Å². The largest absolute Gasteiger partial charge is 0.480 e. The molecule has 0 spiro atoms. The molecule has 0 radical (unpaired) electrons. The molecule has 0 aliphatic heterocycles. The fourth-order valence-corrected chi connectivity index (χ4v) is 1.38. The number of carbonyl (C=O) groups is 1. The Morgan fingerprint density at radius 1 is 1.44 bits per heavy atom. The van der Waals surface area contributed by atoms with E-state index in [9.17, 15) is 4.79 Å². The van der Waals surface area contributed by atoms with E-state index in [1.54, 1.807) is 0 Å². The van der Waals surface area contributed by atoms with Crippen molar-refractivity contribution in [3.8, 4) is 0 Å². The second kappa shape index (κ2) is 5.51. The Kier molecular flexibility index (Phi) is 4.31. The van der Waals surface area contributed by atoms with E-state index >= 15 is 0 Å². The van der Waals surface area contributed by atoms with Crippen LogP contribution < -0.4 is 10.6 Å². The van der Waals surface area contributed by atoms with E-state index in [0.29, 0.717) is 13.0 Å². The Bertz CT molecular complexity index is 349. The van der Waals surface area contributed by atoms with Gasteiger partial charge in [-0.1, -0.05) is 17.7 Å². The van der Waals surface area contributed by atoms with Gasteiger partial charge in [0.25, 0.3) is 0 Å². The van der Waals surface area contributed by atoms with Gasteiger partial charge >= 0.3 is 5.97 Å². The van der Waals surface area contributed by atoms with Crippen LogP contribution in [0.2, 0.25) is 0 Å². The first kappa shape index (κ1) is 12.5. The lowest BCUT2D eigenvalue weighted by atomic mass is 10.2. The summed E-state index contributed by atoms with van der Waals surface area (Å²) in [4.78, 5) is 12.6. The predicted octanol–water partition coefficient (Wildman–Crippen LogP) is 1.23. The molecular formula is C12H18N2O2. The topological polar surface area (TPSA) is 66.6 Å². The van der Waals surface area contributed by atoms with Crippen LogP contribution in [0.4, 0.5) is 5.69 Å². The van der Waals surface area contributed by atoms with Crippen molar-refractivity contribution in [2.24, 2.45) is 5.73 Å². The number of nitrogens with zero attached hydrogens (tertiary/aromatic N) is 1. The second-order valence-electron chi connectivity index (χ2n) is 3.99. The molecule has 0 heterocycles. The maximum atomic E-state index is 10.5. The second-order valence-corrected chi connectivity index (χ2v) is 3.99. The van der Waals surface area contributed by atoms with Gasteiger partial charge in [0, 0.05) is 19.3 Å². The highest BCUT2D eigenvalue weighted by Gasteiger charge is 2.12. The van der Waals surface area contributed by atoms with Crippen molar-refractivity contribution in [1.82, 2.24) is 0 Å². The number of hydrogen-bond donors (Lipinski definition) is 2. The molecule has 0 saturated carbocycles. The summed E-state index contributed by atoms with van der Waals surface area (Å²) in [6.07, 6.45) is 0.444. The van der Waals surface area contributed by atoms with Gasteiger partial charge in [-0.2, -0.15) is 0 Å². The molecule has 1 rings (SSSR count). The van der Waals surface area contributed by atoms with Crippen molar-refractivity contribution >= 4 is 11.7 Å². The van der Waals surface area contributed by atoms with E-state index in [1.807, 2.05) is 43.1 Å². The summed E-state index contributed by atoms with van der Waals surface area (Å²) >= 11 is 0. The molecular weight excluding hydrogens is 204 g/mol. The lowest BCUT2D eigenvalue weighted by Crippen LogP contribution is -2.34. The highest BCUT2D eigenvalue weighted by molar-refractivity contribution is 5.73. The molecule has 3 N–H and O–H groups in total.